The van der Waals surface area contributed by atoms with Crippen LogP contribution in [0.1, 0.15) is 48.8 Å². The van der Waals surface area contributed by atoms with Gasteiger partial charge in [-0.15, -0.1) is 11.3 Å². The van der Waals surface area contributed by atoms with Gasteiger partial charge in [0.05, 0.1) is 11.0 Å². The fourth-order valence-electron chi connectivity index (χ4n) is 3.94. The van der Waals surface area contributed by atoms with E-state index in [0.29, 0.717) is 23.9 Å². The van der Waals surface area contributed by atoms with E-state index in [4.69, 9.17) is 15.0 Å². The van der Waals surface area contributed by atoms with Crippen molar-refractivity contribution >= 4 is 17.2 Å². The number of aliphatic hydroxyl groups is 2. The monoisotopic (exact) mass is 516 g/mol. The van der Waals surface area contributed by atoms with Gasteiger partial charge < -0.3 is 25.2 Å². The van der Waals surface area contributed by atoms with Crippen LogP contribution in [0.2, 0.25) is 0 Å². The van der Waals surface area contributed by atoms with Crippen LogP contribution in [0.4, 0.5) is 0 Å². The van der Waals surface area contributed by atoms with Crippen LogP contribution < -0.4 is 10.5 Å². The Kier molecular flexibility index (Phi) is 9.61. The first kappa shape index (κ1) is 27.8. The average molecular weight is 517 g/mol. The fourth-order valence-corrected chi connectivity index (χ4v) is 5.08. The van der Waals surface area contributed by atoms with E-state index in [1.54, 1.807) is 11.3 Å². The third-order valence-electron chi connectivity index (χ3n) is 6.15. The second-order valence-corrected chi connectivity index (χ2v) is 9.99. The van der Waals surface area contributed by atoms with Crippen LogP contribution in [0, 0.1) is 13.8 Å². The topological polar surface area (TPSA) is 135 Å². The van der Waals surface area contributed by atoms with Gasteiger partial charge in [-0.2, -0.15) is 4.98 Å². The Hall–Kier alpha value is -2.79. The third-order valence-corrected chi connectivity index (χ3v) is 7.37. The zero-order chi connectivity index (χ0) is 26.4. The van der Waals surface area contributed by atoms with Crippen molar-refractivity contribution in [2.24, 2.45) is 5.73 Å². The second kappa shape index (κ2) is 12.4. The summed E-state index contributed by atoms with van der Waals surface area (Å²) in [6, 6.07) is 5.95. The Morgan fingerprint density at radius 1 is 1.17 bits per heavy atom. The van der Waals surface area contributed by atoms with E-state index in [2.05, 4.69) is 41.9 Å². The first-order chi connectivity index (χ1) is 17.2. The summed E-state index contributed by atoms with van der Waals surface area (Å²) in [6.07, 6.45) is -1.94. The SMILES string of the molecule is CCc1cc(-c2nc(-c3cc(C)c(CN(CC)CC)s3)no2)cc(C)c1OC[C@@H](O)CC(O)C(N)=O. The molecule has 1 amide bonds. The van der Waals surface area contributed by atoms with E-state index in [1.807, 2.05) is 26.0 Å². The molecule has 1 unspecified atom stereocenters. The van der Waals surface area contributed by atoms with Crippen LogP contribution in [-0.4, -0.2) is 63.1 Å². The van der Waals surface area contributed by atoms with E-state index in [9.17, 15) is 15.0 Å². The maximum atomic E-state index is 11.0. The molecule has 0 bridgehead atoms. The fraction of sp³-hybridized carbons (Fsp3) is 0.500. The van der Waals surface area contributed by atoms with Crippen molar-refractivity contribution in [3.63, 3.8) is 0 Å². The zero-order valence-corrected chi connectivity index (χ0v) is 22.4. The van der Waals surface area contributed by atoms with E-state index < -0.39 is 18.1 Å². The minimum absolute atomic E-state index is 0.0736. The Morgan fingerprint density at radius 2 is 1.89 bits per heavy atom. The molecule has 0 aliphatic carbocycles. The van der Waals surface area contributed by atoms with Crippen LogP contribution in [0.5, 0.6) is 5.75 Å². The van der Waals surface area contributed by atoms with Crippen molar-refractivity contribution < 1.29 is 24.3 Å². The molecule has 10 heteroatoms. The molecule has 9 nitrogen and oxygen atoms in total. The molecular weight excluding hydrogens is 480 g/mol. The summed E-state index contributed by atoms with van der Waals surface area (Å²) in [6.45, 7) is 13.2. The van der Waals surface area contributed by atoms with Gasteiger partial charge in [0.25, 0.3) is 5.89 Å². The van der Waals surface area contributed by atoms with Gasteiger partial charge >= 0.3 is 0 Å². The molecule has 0 aliphatic heterocycles. The minimum atomic E-state index is -1.41. The van der Waals surface area contributed by atoms with Crippen LogP contribution in [0.15, 0.2) is 22.7 Å². The highest BCUT2D eigenvalue weighted by atomic mass is 32.1. The van der Waals surface area contributed by atoms with Gasteiger partial charge in [0, 0.05) is 23.4 Å². The standard InChI is InChI=1S/C26H36N4O5S/c1-6-17-11-18(9-16(5)23(17)34-14-19(31)12-20(32)24(27)33)26-28-25(29-35-26)21-10-15(4)22(36-21)13-30(7-2)8-3/h9-11,19-20,31-32H,6-8,12-14H2,1-5H3,(H2,27,33)/t19-,20?/m0/s1. The lowest BCUT2D eigenvalue weighted by atomic mass is 10.0. The molecule has 36 heavy (non-hydrogen) atoms. The number of benzene rings is 1. The number of thiophene rings is 1. The number of nitrogens with zero attached hydrogens (tertiary/aromatic N) is 3. The summed E-state index contributed by atoms with van der Waals surface area (Å²) >= 11 is 1.69. The van der Waals surface area contributed by atoms with Gasteiger partial charge in [0.15, 0.2) is 0 Å². The molecule has 0 fully saturated rings. The van der Waals surface area contributed by atoms with Gasteiger partial charge in [-0.25, -0.2) is 0 Å². The Bertz CT molecular complexity index is 1170. The molecule has 4 N–H and O–H groups in total. The number of nitrogens with two attached hydrogens (primary N) is 1. The van der Waals surface area contributed by atoms with E-state index in [0.717, 1.165) is 41.2 Å². The lowest BCUT2D eigenvalue weighted by Crippen LogP contribution is -2.33. The lowest BCUT2D eigenvalue weighted by Gasteiger charge is -2.18. The van der Waals surface area contributed by atoms with Gasteiger partial charge in [0.2, 0.25) is 11.7 Å². The van der Waals surface area contributed by atoms with E-state index >= 15 is 0 Å². The lowest BCUT2D eigenvalue weighted by molar-refractivity contribution is -0.127. The predicted molar refractivity (Wildman–Crippen MR) is 140 cm³/mol. The summed E-state index contributed by atoms with van der Waals surface area (Å²) in [5, 5.41) is 23.9. The largest absolute Gasteiger partial charge is 0.490 e. The molecule has 0 saturated carbocycles. The Balaban J connectivity index is 1.77. The van der Waals surface area contributed by atoms with Crippen LogP contribution in [0.25, 0.3) is 22.2 Å². The maximum Gasteiger partial charge on any atom is 0.258 e. The highest BCUT2D eigenvalue weighted by molar-refractivity contribution is 7.15. The molecule has 2 atom stereocenters. The van der Waals surface area contributed by atoms with Crippen molar-refractivity contribution in [3.8, 4) is 27.9 Å². The summed E-state index contributed by atoms with van der Waals surface area (Å²) in [4.78, 5) is 20.3. The maximum absolute atomic E-state index is 11.0. The van der Waals surface area contributed by atoms with E-state index in [1.165, 1.54) is 10.4 Å². The van der Waals surface area contributed by atoms with Crippen LogP contribution >= 0.6 is 11.3 Å². The molecule has 0 spiro atoms. The molecular formula is C26H36N4O5S. The quantitative estimate of drug-likeness (QED) is 0.314. The molecule has 2 heterocycles. The molecule has 196 valence electrons. The summed E-state index contributed by atoms with van der Waals surface area (Å²) in [7, 11) is 0. The Labute approximate surface area is 215 Å². The number of primary amides is 1. The number of aryl methyl sites for hydroxylation is 3. The number of carbonyl (C=O) groups excluding carboxylic acids is 1. The van der Waals surface area contributed by atoms with Crippen molar-refractivity contribution in [2.45, 2.75) is 66.2 Å². The molecule has 0 radical (unpaired) electrons. The molecule has 0 aliphatic rings. The molecule has 2 aromatic heterocycles. The Morgan fingerprint density at radius 3 is 2.53 bits per heavy atom. The van der Waals surface area contributed by atoms with Gasteiger partial charge in [0.1, 0.15) is 18.5 Å². The van der Waals surface area contributed by atoms with E-state index in [-0.39, 0.29) is 13.0 Å². The highest BCUT2D eigenvalue weighted by Gasteiger charge is 2.20. The first-order valence-electron chi connectivity index (χ1n) is 12.2. The summed E-state index contributed by atoms with van der Waals surface area (Å²) in [5.74, 6) is 0.760. The molecule has 1 aromatic carbocycles. The smallest absolute Gasteiger partial charge is 0.258 e. The third kappa shape index (κ3) is 6.70. The number of rotatable bonds is 13. The number of ether oxygens (including phenoxy) is 1. The highest BCUT2D eigenvalue weighted by Crippen LogP contribution is 2.34. The van der Waals surface area contributed by atoms with Crippen LogP contribution in [0.3, 0.4) is 0 Å². The number of carbonyl (C=O) groups is 1. The predicted octanol–water partition coefficient (Wildman–Crippen LogP) is 3.46. The van der Waals surface area contributed by atoms with Gasteiger partial charge in [-0.3, -0.25) is 9.69 Å². The van der Waals surface area contributed by atoms with Gasteiger partial charge in [-0.05, 0) is 68.2 Å². The summed E-state index contributed by atoms with van der Waals surface area (Å²) in [5.41, 5.74) is 8.83. The number of amides is 1. The van der Waals surface area contributed by atoms with Crippen LogP contribution in [-0.2, 0) is 17.8 Å². The summed E-state index contributed by atoms with van der Waals surface area (Å²) < 4.78 is 11.5. The first-order valence-corrected chi connectivity index (χ1v) is 13.1. The second-order valence-electron chi connectivity index (χ2n) is 8.86. The number of aromatic nitrogens is 2. The minimum Gasteiger partial charge on any atom is -0.490 e. The van der Waals surface area contributed by atoms with Gasteiger partial charge in [-0.1, -0.05) is 25.9 Å². The van der Waals surface area contributed by atoms with Crippen molar-refractivity contribution in [1.82, 2.24) is 15.0 Å². The normalized spacial score (nSPS) is 13.2. The molecule has 3 rings (SSSR count). The number of hydrogen-bond acceptors (Lipinski definition) is 9. The van der Waals surface area contributed by atoms with Crippen molar-refractivity contribution in [3.05, 3.63) is 39.8 Å². The zero-order valence-electron chi connectivity index (χ0n) is 21.6. The van der Waals surface area contributed by atoms with Crippen molar-refractivity contribution in [2.75, 3.05) is 19.7 Å². The molecule has 3 aromatic rings. The number of hydrogen-bond donors (Lipinski definition) is 3. The molecule has 0 saturated heterocycles. The average Bonchev–Trinajstić information content (AvgIpc) is 3.48. The van der Waals surface area contributed by atoms with Crippen molar-refractivity contribution in [1.29, 1.82) is 0 Å². The number of aliphatic hydroxyl groups excluding tert-OH is 2.